The van der Waals surface area contributed by atoms with Crippen molar-refractivity contribution in [2.75, 3.05) is 13.3 Å². The zero-order chi connectivity index (χ0) is 8.97. The van der Waals surface area contributed by atoms with Crippen molar-refractivity contribution in [3.05, 3.63) is 24.3 Å². The fraction of sp³-hybridized carbons (Fsp3) is 0.333. The Hall–Kier alpha value is -0.260. The smallest absolute Gasteiger partial charge is 0.118 e. The van der Waals surface area contributed by atoms with Crippen LogP contribution in [0.25, 0.3) is 0 Å². The van der Waals surface area contributed by atoms with Gasteiger partial charge in [0.25, 0.3) is 0 Å². The summed E-state index contributed by atoms with van der Waals surface area (Å²) >= 11 is 6.11. The molecule has 0 aliphatic rings. The van der Waals surface area contributed by atoms with Gasteiger partial charge in [0.1, 0.15) is 5.75 Å². The van der Waals surface area contributed by atoms with Crippen LogP contribution in [0.2, 0.25) is 0 Å². The van der Waals surface area contributed by atoms with E-state index in [2.05, 4.69) is 6.92 Å². The Bertz CT molecular complexity index is 235. The van der Waals surface area contributed by atoms with E-state index in [0.717, 1.165) is 11.9 Å². The van der Waals surface area contributed by atoms with Gasteiger partial charge in [-0.05, 0) is 35.7 Å². The van der Waals surface area contributed by atoms with Gasteiger partial charge in [-0.2, -0.15) is 0 Å². The first-order chi connectivity index (χ1) is 5.77. The molecular weight excluding hydrogens is 191 g/mol. The van der Waals surface area contributed by atoms with Crippen molar-refractivity contribution in [2.24, 2.45) is 0 Å². The van der Waals surface area contributed by atoms with Crippen LogP contribution in [-0.2, 0) is 0 Å². The van der Waals surface area contributed by atoms with E-state index in [1.807, 2.05) is 24.3 Å². The molecule has 1 aromatic rings. The van der Waals surface area contributed by atoms with E-state index in [1.165, 1.54) is 5.30 Å². The third kappa shape index (κ3) is 2.36. The highest BCUT2D eigenvalue weighted by Gasteiger charge is 2.03. The number of hydrogen-bond donors (Lipinski definition) is 0. The Balaban J connectivity index is 2.77. The molecule has 3 heteroatoms. The average molecular weight is 203 g/mol. The lowest BCUT2D eigenvalue weighted by Gasteiger charge is -2.06. The van der Waals surface area contributed by atoms with Gasteiger partial charge in [0, 0.05) is 7.27 Å². The molecule has 0 radical (unpaired) electrons. The Morgan fingerprint density at radius 2 is 1.92 bits per heavy atom. The third-order valence-electron chi connectivity index (χ3n) is 1.63. The molecule has 0 aliphatic heterocycles. The summed E-state index contributed by atoms with van der Waals surface area (Å²) in [5, 5.41) is 1.22. The monoisotopic (exact) mass is 202 g/mol. The van der Waals surface area contributed by atoms with Gasteiger partial charge in [0.15, 0.2) is 0 Å². The topological polar surface area (TPSA) is 9.23 Å². The van der Waals surface area contributed by atoms with Crippen LogP contribution >= 0.6 is 18.5 Å². The van der Waals surface area contributed by atoms with Gasteiger partial charge in [-0.25, -0.2) is 0 Å². The Morgan fingerprint density at radius 1 is 1.33 bits per heavy atom. The lowest BCUT2D eigenvalue weighted by molar-refractivity contribution is 0.415. The lowest BCUT2D eigenvalue weighted by atomic mass is 10.3. The molecule has 1 unspecified atom stereocenters. The van der Waals surface area contributed by atoms with E-state index in [4.69, 9.17) is 16.0 Å². The van der Waals surface area contributed by atoms with Crippen LogP contribution in [0.3, 0.4) is 0 Å². The van der Waals surface area contributed by atoms with Crippen LogP contribution < -0.4 is 10.0 Å². The van der Waals surface area contributed by atoms with E-state index in [0.29, 0.717) is 0 Å². The fourth-order valence-corrected chi connectivity index (χ4v) is 2.10. The van der Waals surface area contributed by atoms with Gasteiger partial charge in [-0.15, -0.1) is 0 Å². The fourth-order valence-electron chi connectivity index (χ4n) is 0.927. The quantitative estimate of drug-likeness (QED) is 0.685. The molecule has 1 aromatic carbocycles. The van der Waals surface area contributed by atoms with Gasteiger partial charge in [-0.3, -0.25) is 0 Å². The predicted molar refractivity (Wildman–Crippen MR) is 55.9 cm³/mol. The first-order valence-corrected chi connectivity index (χ1v) is 6.28. The van der Waals surface area contributed by atoms with Gasteiger partial charge in [0.2, 0.25) is 0 Å². The summed E-state index contributed by atoms with van der Waals surface area (Å²) in [5.74, 6) is 0.884. The lowest BCUT2D eigenvalue weighted by Crippen LogP contribution is -1.97. The maximum absolute atomic E-state index is 6.11. The normalized spacial score (nSPS) is 12.6. The number of hydrogen-bond acceptors (Lipinski definition) is 1. The van der Waals surface area contributed by atoms with Crippen LogP contribution in [-0.4, -0.2) is 13.3 Å². The summed E-state index contributed by atoms with van der Waals surface area (Å²) < 4.78 is 5.05. The van der Waals surface area contributed by atoms with Gasteiger partial charge < -0.3 is 4.74 Å². The van der Waals surface area contributed by atoms with Crippen molar-refractivity contribution in [1.82, 2.24) is 0 Å². The van der Waals surface area contributed by atoms with E-state index < -0.39 is 7.27 Å². The summed E-state index contributed by atoms with van der Waals surface area (Å²) in [4.78, 5) is 0. The van der Waals surface area contributed by atoms with E-state index in [9.17, 15) is 0 Å². The minimum Gasteiger partial charge on any atom is -0.497 e. The molecule has 0 heterocycles. The van der Waals surface area contributed by atoms with Gasteiger partial charge in [-0.1, -0.05) is 18.2 Å². The highest BCUT2D eigenvalue weighted by atomic mass is 35.7. The zero-order valence-electron chi connectivity index (χ0n) is 7.25. The van der Waals surface area contributed by atoms with Crippen LogP contribution in [0, 0.1) is 0 Å². The molecular formula is C9H12ClOP. The van der Waals surface area contributed by atoms with Gasteiger partial charge >= 0.3 is 0 Å². The number of ether oxygens (including phenoxy) is 1. The van der Waals surface area contributed by atoms with E-state index >= 15 is 0 Å². The molecule has 0 N–H and O–H groups in total. The second kappa shape index (κ2) is 4.69. The summed E-state index contributed by atoms with van der Waals surface area (Å²) in [6.07, 6.45) is 1.02. The maximum Gasteiger partial charge on any atom is 0.118 e. The van der Waals surface area contributed by atoms with Crippen LogP contribution in [0.4, 0.5) is 0 Å². The summed E-state index contributed by atoms with van der Waals surface area (Å²) in [6, 6.07) is 7.95. The molecule has 0 fully saturated rings. The van der Waals surface area contributed by atoms with Crippen molar-refractivity contribution < 1.29 is 4.74 Å². The maximum atomic E-state index is 6.11. The summed E-state index contributed by atoms with van der Waals surface area (Å²) in [7, 11) is 1.19. The van der Waals surface area contributed by atoms with Crippen LogP contribution in [0.15, 0.2) is 24.3 Å². The molecule has 12 heavy (non-hydrogen) atoms. The minimum atomic E-state index is -0.474. The number of rotatable bonds is 3. The second-order valence-electron chi connectivity index (χ2n) is 2.38. The molecule has 0 saturated heterocycles. The van der Waals surface area contributed by atoms with Crippen molar-refractivity contribution in [3.8, 4) is 5.75 Å². The molecule has 1 rings (SSSR count). The second-order valence-corrected chi connectivity index (χ2v) is 5.47. The van der Waals surface area contributed by atoms with Crippen molar-refractivity contribution in [1.29, 1.82) is 0 Å². The first kappa shape index (κ1) is 9.83. The average Bonchev–Trinajstić information content (AvgIpc) is 2.17. The Morgan fingerprint density at radius 3 is 2.33 bits per heavy atom. The molecule has 0 spiro atoms. The molecule has 1 atom stereocenters. The third-order valence-corrected chi connectivity index (χ3v) is 4.35. The zero-order valence-corrected chi connectivity index (χ0v) is 8.90. The van der Waals surface area contributed by atoms with Crippen molar-refractivity contribution in [2.45, 2.75) is 6.92 Å². The number of methoxy groups -OCH3 is 1. The minimum absolute atomic E-state index is 0.474. The van der Waals surface area contributed by atoms with Crippen molar-refractivity contribution in [3.63, 3.8) is 0 Å². The first-order valence-electron chi connectivity index (χ1n) is 3.85. The molecule has 0 saturated carbocycles. The molecule has 66 valence electrons. The van der Waals surface area contributed by atoms with Crippen molar-refractivity contribution >= 4 is 23.8 Å². The molecule has 0 aliphatic carbocycles. The highest BCUT2D eigenvalue weighted by molar-refractivity contribution is 7.89. The number of benzene rings is 1. The van der Waals surface area contributed by atoms with Crippen LogP contribution in [0.5, 0.6) is 5.75 Å². The molecule has 0 aromatic heterocycles. The SMILES string of the molecule is CCP(Cl)c1ccc(OC)cc1. The Labute approximate surface area is 79.2 Å². The summed E-state index contributed by atoms with van der Waals surface area (Å²) in [5.41, 5.74) is 0. The Kier molecular flexibility index (Phi) is 3.84. The number of halogens is 1. The predicted octanol–water partition coefficient (Wildman–Crippen LogP) is 2.98. The van der Waals surface area contributed by atoms with Gasteiger partial charge in [0.05, 0.1) is 7.11 Å². The molecule has 0 bridgehead atoms. The molecule has 1 nitrogen and oxygen atoms in total. The standard InChI is InChI=1S/C9H12ClOP/c1-3-12(10)9-6-4-8(11-2)5-7-9/h4-7H,3H2,1-2H3. The van der Waals surface area contributed by atoms with E-state index in [1.54, 1.807) is 7.11 Å². The largest absolute Gasteiger partial charge is 0.497 e. The van der Waals surface area contributed by atoms with Crippen LogP contribution in [0.1, 0.15) is 6.92 Å². The highest BCUT2D eigenvalue weighted by Crippen LogP contribution is 2.39. The molecule has 0 amide bonds. The summed E-state index contributed by atoms with van der Waals surface area (Å²) in [6.45, 7) is 2.10. The van der Waals surface area contributed by atoms with E-state index in [-0.39, 0.29) is 0 Å².